The quantitative estimate of drug-likeness (QED) is 0.341. The van der Waals surface area contributed by atoms with E-state index in [0.29, 0.717) is 13.0 Å². The molecule has 0 radical (unpaired) electrons. The molecule has 0 saturated heterocycles. The van der Waals surface area contributed by atoms with Gasteiger partial charge in [-0.15, -0.1) is 0 Å². The number of nitrogens with zero attached hydrogens (tertiary/aromatic N) is 1. The van der Waals surface area contributed by atoms with Crippen molar-refractivity contribution in [2.45, 2.75) is 71.1 Å². The van der Waals surface area contributed by atoms with Gasteiger partial charge >= 0.3 is 0 Å². The van der Waals surface area contributed by atoms with E-state index in [2.05, 4.69) is 25.1 Å². The van der Waals surface area contributed by atoms with Crippen LogP contribution in [-0.2, 0) is 4.74 Å². The van der Waals surface area contributed by atoms with Crippen LogP contribution in [0.25, 0.3) is 0 Å². The number of ether oxygens (including phenoxy) is 1. The van der Waals surface area contributed by atoms with Crippen molar-refractivity contribution >= 4 is 0 Å². The molecule has 0 bridgehead atoms. The molecule has 18 heavy (non-hydrogen) atoms. The first-order valence-corrected chi connectivity index (χ1v) is 7.51. The number of nitriles is 1. The Kier molecular flexibility index (Phi) is 15.5. The Balaban J connectivity index is 2.97. The maximum Gasteiger partial charge on any atom is 0.0645 e. The van der Waals surface area contributed by atoms with Crippen molar-refractivity contribution in [1.82, 2.24) is 0 Å². The molecule has 2 heteroatoms. The molecule has 0 aliphatic rings. The maximum atomic E-state index is 8.32. The monoisotopic (exact) mass is 251 g/mol. The lowest BCUT2D eigenvalue weighted by Crippen LogP contribution is -1.95. The predicted molar refractivity (Wildman–Crippen MR) is 77.4 cm³/mol. The Labute approximate surface area is 113 Å². The molecule has 0 rings (SSSR count). The highest BCUT2D eigenvalue weighted by Gasteiger charge is 1.92. The van der Waals surface area contributed by atoms with Crippen molar-refractivity contribution in [3.63, 3.8) is 0 Å². The highest BCUT2D eigenvalue weighted by Crippen LogP contribution is 2.08. The van der Waals surface area contributed by atoms with Crippen molar-refractivity contribution < 1.29 is 4.74 Å². The molecule has 104 valence electrons. The Bertz CT molecular complexity index is 218. The van der Waals surface area contributed by atoms with Gasteiger partial charge < -0.3 is 4.74 Å². The third-order valence-electron chi connectivity index (χ3n) is 2.89. The summed E-state index contributed by atoms with van der Waals surface area (Å²) in [5.41, 5.74) is 0. The van der Waals surface area contributed by atoms with Crippen LogP contribution in [0.5, 0.6) is 0 Å². The Hall–Kier alpha value is -0.810. The lowest BCUT2D eigenvalue weighted by atomic mass is 10.1. The third-order valence-corrected chi connectivity index (χ3v) is 2.89. The summed E-state index contributed by atoms with van der Waals surface area (Å²) in [5, 5.41) is 8.32. The average Bonchev–Trinajstić information content (AvgIpc) is 2.39. The van der Waals surface area contributed by atoms with Gasteiger partial charge in [0, 0.05) is 6.61 Å². The summed E-state index contributed by atoms with van der Waals surface area (Å²) in [6.45, 7) is 3.64. The van der Waals surface area contributed by atoms with E-state index in [-0.39, 0.29) is 0 Å². The van der Waals surface area contributed by atoms with Crippen molar-refractivity contribution in [3.8, 4) is 6.07 Å². The minimum absolute atomic E-state index is 0.519. The molecule has 0 aromatic rings. The Morgan fingerprint density at radius 2 is 1.56 bits per heavy atom. The minimum Gasteiger partial charge on any atom is -0.380 e. The van der Waals surface area contributed by atoms with Crippen LogP contribution in [0.2, 0.25) is 0 Å². The number of hydrogen-bond donors (Lipinski definition) is 0. The second kappa shape index (κ2) is 16.2. The molecule has 0 aliphatic carbocycles. The predicted octanol–water partition coefficient (Wildman–Crippen LogP) is 5.00. The van der Waals surface area contributed by atoms with Crippen LogP contribution < -0.4 is 0 Å². The van der Waals surface area contributed by atoms with E-state index in [9.17, 15) is 0 Å². The fourth-order valence-electron chi connectivity index (χ4n) is 1.80. The lowest BCUT2D eigenvalue weighted by molar-refractivity contribution is 0.135. The second-order valence-corrected chi connectivity index (χ2v) is 4.69. The van der Waals surface area contributed by atoms with Crippen molar-refractivity contribution in [3.05, 3.63) is 12.2 Å². The molecule has 0 N–H and O–H groups in total. The van der Waals surface area contributed by atoms with Gasteiger partial charge in [-0.3, -0.25) is 0 Å². The zero-order valence-corrected chi connectivity index (χ0v) is 12.0. The van der Waals surface area contributed by atoms with E-state index in [1.165, 1.54) is 51.4 Å². The van der Waals surface area contributed by atoms with Crippen LogP contribution >= 0.6 is 0 Å². The van der Waals surface area contributed by atoms with E-state index in [4.69, 9.17) is 10.00 Å². The zero-order chi connectivity index (χ0) is 13.3. The molecule has 0 unspecified atom stereocenters. The molecule has 0 saturated carbocycles. The van der Waals surface area contributed by atoms with E-state index in [0.717, 1.165) is 13.0 Å². The smallest absolute Gasteiger partial charge is 0.0645 e. The number of hydrogen-bond acceptors (Lipinski definition) is 2. The summed E-state index contributed by atoms with van der Waals surface area (Å²) in [6, 6.07) is 2.08. The first-order chi connectivity index (χ1) is 8.91. The van der Waals surface area contributed by atoms with Gasteiger partial charge in [-0.1, -0.05) is 51.2 Å². The molecule has 0 amide bonds. The van der Waals surface area contributed by atoms with Gasteiger partial charge in [-0.2, -0.15) is 5.26 Å². The summed E-state index contributed by atoms with van der Waals surface area (Å²) in [6.07, 6.45) is 16.6. The van der Waals surface area contributed by atoms with E-state index in [1.54, 1.807) is 0 Å². The summed E-state index contributed by atoms with van der Waals surface area (Å²) in [4.78, 5) is 0. The SMILES string of the molecule is CCC/C=C/CCCCCCCCOCCC#N. The first kappa shape index (κ1) is 17.2. The van der Waals surface area contributed by atoms with Crippen LogP contribution in [0.15, 0.2) is 12.2 Å². The van der Waals surface area contributed by atoms with Crippen LogP contribution in [0.3, 0.4) is 0 Å². The van der Waals surface area contributed by atoms with Gasteiger partial charge in [0.1, 0.15) is 0 Å². The Morgan fingerprint density at radius 1 is 0.889 bits per heavy atom. The molecule has 0 fully saturated rings. The van der Waals surface area contributed by atoms with Crippen LogP contribution in [0.1, 0.15) is 71.1 Å². The minimum atomic E-state index is 0.519. The summed E-state index contributed by atoms with van der Waals surface area (Å²) < 4.78 is 5.33. The molecule has 0 aromatic carbocycles. The largest absolute Gasteiger partial charge is 0.380 e. The number of unbranched alkanes of at least 4 members (excludes halogenated alkanes) is 7. The molecule has 0 aliphatic heterocycles. The van der Waals surface area contributed by atoms with Crippen molar-refractivity contribution in [2.24, 2.45) is 0 Å². The van der Waals surface area contributed by atoms with Crippen LogP contribution in [0.4, 0.5) is 0 Å². The topological polar surface area (TPSA) is 33.0 Å². The molecule has 0 aromatic heterocycles. The molecular formula is C16H29NO. The number of rotatable bonds is 13. The zero-order valence-electron chi connectivity index (χ0n) is 12.0. The Morgan fingerprint density at radius 3 is 2.28 bits per heavy atom. The normalized spacial score (nSPS) is 10.9. The van der Waals surface area contributed by atoms with Crippen LogP contribution in [0, 0.1) is 11.3 Å². The van der Waals surface area contributed by atoms with E-state index < -0.39 is 0 Å². The number of allylic oxidation sites excluding steroid dienone is 2. The third kappa shape index (κ3) is 15.2. The molecule has 2 nitrogen and oxygen atoms in total. The average molecular weight is 251 g/mol. The van der Waals surface area contributed by atoms with Gasteiger partial charge in [0.15, 0.2) is 0 Å². The summed E-state index contributed by atoms with van der Waals surface area (Å²) in [7, 11) is 0. The molecule has 0 spiro atoms. The maximum absolute atomic E-state index is 8.32. The van der Waals surface area contributed by atoms with E-state index >= 15 is 0 Å². The van der Waals surface area contributed by atoms with E-state index in [1.807, 2.05) is 0 Å². The van der Waals surface area contributed by atoms with Gasteiger partial charge in [0.2, 0.25) is 0 Å². The second-order valence-electron chi connectivity index (χ2n) is 4.69. The summed E-state index contributed by atoms with van der Waals surface area (Å²) in [5.74, 6) is 0. The first-order valence-electron chi connectivity index (χ1n) is 7.51. The van der Waals surface area contributed by atoms with Crippen LogP contribution in [-0.4, -0.2) is 13.2 Å². The highest BCUT2D eigenvalue weighted by molar-refractivity contribution is 4.80. The fourth-order valence-corrected chi connectivity index (χ4v) is 1.80. The summed E-state index contributed by atoms with van der Waals surface area (Å²) >= 11 is 0. The fraction of sp³-hybridized carbons (Fsp3) is 0.812. The highest BCUT2D eigenvalue weighted by atomic mass is 16.5. The van der Waals surface area contributed by atoms with Crippen molar-refractivity contribution in [1.29, 1.82) is 5.26 Å². The van der Waals surface area contributed by atoms with Gasteiger partial charge in [-0.25, -0.2) is 0 Å². The molecule has 0 atom stereocenters. The molecular weight excluding hydrogens is 222 g/mol. The standard InChI is InChI=1S/C16H29NO/c1-2-3-4-5-6-7-8-9-10-11-12-15-18-16-13-14-17/h4-5H,2-3,6-13,15-16H2,1H3/b5-4+. The molecule has 0 heterocycles. The lowest BCUT2D eigenvalue weighted by Gasteiger charge is -2.02. The van der Waals surface area contributed by atoms with Gasteiger partial charge in [0.25, 0.3) is 0 Å². The van der Waals surface area contributed by atoms with Gasteiger partial charge in [-0.05, 0) is 25.7 Å². The van der Waals surface area contributed by atoms with Crippen molar-refractivity contribution in [2.75, 3.05) is 13.2 Å². The van der Waals surface area contributed by atoms with Gasteiger partial charge in [0.05, 0.1) is 19.1 Å².